The minimum Gasteiger partial charge on any atom is -0.463 e. The second-order valence-corrected chi connectivity index (χ2v) is 7.28. The van der Waals surface area contributed by atoms with Gasteiger partial charge in [-0.2, -0.15) is 0 Å². The molecule has 0 aliphatic carbocycles. The Morgan fingerprint density at radius 1 is 0.606 bits per heavy atom. The van der Waals surface area contributed by atoms with Gasteiger partial charge in [-0.25, -0.2) is 0 Å². The number of carbonyl (C=O) groups excluding carboxylic acids is 1. The molecule has 1 aromatic rings. The Morgan fingerprint density at radius 2 is 1.06 bits per heavy atom. The molecule has 0 unspecified atom stereocenters. The van der Waals surface area contributed by atoms with Crippen molar-refractivity contribution in [2.75, 3.05) is 79.3 Å². The summed E-state index contributed by atoms with van der Waals surface area (Å²) < 4.78 is 37.8. The molecule has 0 fully saturated rings. The minimum absolute atomic E-state index is 0.152. The minimum atomic E-state index is -0.152. The monoisotopic (exact) mass is 470 g/mol. The fourth-order valence-corrected chi connectivity index (χ4v) is 2.67. The summed E-state index contributed by atoms with van der Waals surface area (Å²) in [6.07, 6.45) is 3.53. The van der Waals surface area contributed by atoms with Gasteiger partial charge in [-0.15, -0.1) is 0 Å². The number of hydrogen-bond donors (Lipinski definition) is 0. The van der Waals surface area contributed by atoms with Crippen LogP contribution in [0.2, 0.25) is 0 Å². The van der Waals surface area contributed by atoms with Crippen molar-refractivity contribution in [3.8, 4) is 0 Å². The fraction of sp³-hybridized carbons (Fsp3) is 0.720. The zero-order valence-electron chi connectivity index (χ0n) is 20.2. The smallest absolute Gasteiger partial charge is 0.305 e. The van der Waals surface area contributed by atoms with E-state index in [4.69, 9.17) is 33.2 Å². The average molecular weight is 471 g/mol. The van der Waals surface area contributed by atoms with Gasteiger partial charge in [0, 0.05) is 6.42 Å². The summed E-state index contributed by atoms with van der Waals surface area (Å²) in [5.41, 5.74) is 1.16. The molecule has 0 bridgehead atoms. The third kappa shape index (κ3) is 20.8. The summed E-state index contributed by atoms with van der Waals surface area (Å²) in [6.45, 7) is 8.58. The zero-order valence-corrected chi connectivity index (χ0v) is 20.2. The Morgan fingerprint density at radius 3 is 1.55 bits per heavy atom. The normalized spacial score (nSPS) is 11.1. The van der Waals surface area contributed by atoms with Crippen LogP contribution in [-0.4, -0.2) is 85.3 Å². The largest absolute Gasteiger partial charge is 0.463 e. The van der Waals surface area contributed by atoms with E-state index in [0.717, 1.165) is 24.8 Å². The molecule has 190 valence electrons. The lowest BCUT2D eigenvalue weighted by Crippen LogP contribution is -2.15. The molecule has 0 spiro atoms. The van der Waals surface area contributed by atoms with E-state index in [1.807, 2.05) is 30.3 Å². The van der Waals surface area contributed by atoms with E-state index in [0.29, 0.717) is 92.3 Å². The number of esters is 1. The fourth-order valence-electron chi connectivity index (χ4n) is 2.67. The number of rotatable bonds is 24. The topological polar surface area (TPSA) is 81.7 Å². The molecule has 0 atom stereocenters. The van der Waals surface area contributed by atoms with Gasteiger partial charge in [0.2, 0.25) is 0 Å². The molecular weight excluding hydrogens is 428 g/mol. The average Bonchev–Trinajstić information content (AvgIpc) is 2.83. The van der Waals surface area contributed by atoms with Crippen molar-refractivity contribution in [1.82, 2.24) is 0 Å². The molecule has 0 saturated heterocycles. The molecule has 0 heterocycles. The number of unbranched alkanes of at least 4 members (excludes halogenated alkanes) is 2. The van der Waals surface area contributed by atoms with E-state index in [-0.39, 0.29) is 5.97 Å². The van der Waals surface area contributed by atoms with Crippen LogP contribution in [0.3, 0.4) is 0 Å². The summed E-state index contributed by atoms with van der Waals surface area (Å²) >= 11 is 0. The standard InChI is InChI=1S/C25H42O8/c1-2-3-5-10-25(26)33-22-21-31-18-17-29-14-13-27-11-12-28-15-16-30-19-20-32-23-24-8-6-4-7-9-24/h4,6-9H,2-3,5,10-23H2,1H3. The van der Waals surface area contributed by atoms with Crippen LogP contribution >= 0.6 is 0 Å². The maximum atomic E-state index is 11.4. The van der Waals surface area contributed by atoms with Gasteiger partial charge >= 0.3 is 5.97 Å². The maximum absolute atomic E-state index is 11.4. The van der Waals surface area contributed by atoms with Crippen LogP contribution in [0.1, 0.15) is 38.2 Å². The number of hydrogen-bond acceptors (Lipinski definition) is 8. The molecule has 33 heavy (non-hydrogen) atoms. The first-order valence-corrected chi connectivity index (χ1v) is 12.0. The molecule has 0 saturated carbocycles. The summed E-state index contributed by atoms with van der Waals surface area (Å²) in [7, 11) is 0. The van der Waals surface area contributed by atoms with Crippen LogP contribution in [0.25, 0.3) is 0 Å². The van der Waals surface area contributed by atoms with Crippen LogP contribution in [-0.2, 0) is 44.6 Å². The lowest BCUT2D eigenvalue weighted by molar-refractivity contribution is -0.145. The molecule has 0 aromatic heterocycles. The number of benzene rings is 1. The summed E-state index contributed by atoms with van der Waals surface area (Å²) in [6, 6.07) is 10.1. The van der Waals surface area contributed by atoms with Crippen molar-refractivity contribution in [2.45, 2.75) is 39.2 Å². The van der Waals surface area contributed by atoms with E-state index in [2.05, 4.69) is 6.92 Å². The zero-order chi connectivity index (χ0) is 23.7. The Hall–Kier alpha value is -1.55. The molecule has 0 aliphatic rings. The van der Waals surface area contributed by atoms with Gasteiger partial charge in [0.1, 0.15) is 6.61 Å². The second kappa shape index (κ2) is 23.6. The van der Waals surface area contributed by atoms with Crippen LogP contribution in [0.15, 0.2) is 30.3 Å². The van der Waals surface area contributed by atoms with Gasteiger partial charge in [-0.05, 0) is 12.0 Å². The highest BCUT2D eigenvalue weighted by molar-refractivity contribution is 5.69. The third-order valence-corrected chi connectivity index (χ3v) is 4.45. The molecule has 8 heteroatoms. The third-order valence-electron chi connectivity index (χ3n) is 4.45. The Balaban J connectivity index is 1.68. The first kappa shape index (κ1) is 29.5. The molecular formula is C25H42O8. The highest BCUT2D eigenvalue weighted by Crippen LogP contribution is 2.01. The van der Waals surface area contributed by atoms with Crippen molar-refractivity contribution in [3.05, 3.63) is 35.9 Å². The first-order valence-electron chi connectivity index (χ1n) is 12.0. The van der Waals surface area contributed by atoms with Crippen LogP contribution in [0.5, 0.6) is 0 Å². The van der Waals surface area contributed by atoms with E-state index in [1.165, 1.54) is 0 Å². The highest BCUT2D eigenvalue weighted by atomic mass is 16.6. The van der Waals surface area contributed by atoms with Gasteiger partial charge in [0.15, 0.2) is 0 Å². The van der Waals surface area contributed by atoms with Crippen molar-refractivity contribution >= 4 is 5.97 Å². The van der Waals surface area contributed by atoms with E-state index < -0.39 is 0 Å². The molecule has 1 rings (SSSR count). The van der Waals surface area contributed by atoms with E-state index in [1.54, 1.807) is 0 Å². The molecule has 0 radical (unpaired) electrons. The highest BCUT2D eigenvalue weighted by Gasteiger charge is 2.01. The Bertz CT molecular complexity index is 540. The summed E-state index contributed by atoms with van der Waals surface area (Å²) in [5, 5.41) is 0. The van der Waals surface area contributed by atoms with Crippen LogP contribution in [0.4, 0.5) is 0 Å². The molecule has 1 aromatic carbocycles. The van der Waals surface area contributed by atoms with Gasteiger partial charge in [-0.3, -0.25) is 4.79 Å². The van der Waals surface area contributed by atoms with Gasteiger partial charge in [0.05, 0.1) is 79.3 Å². The van der Waals surface area contributed by atoms with Crippen molar-refractivity contribution < 1.29 is 38.0 Å². The number of carbonyl (C=O) groups is 1. The SMILES string of the molecule is CCCCCC(=O)OCCOCCOCCOCCOCCOCCOCc1ccccc1. The summed E-state index contributed by atoms with van der Waals surface area (Å²) in [5.74, 6) is -0.152. The van der Waals surface area contributed by atoms with Crippen molar-refractivity contribution in [2.24, 2.45) is 0 Å². The van der Waals surface area contributed by atoms with Crippen molar-refractivity contribution in [1.29, 1.82) is 0 Å². The molecule has 0 aliphatic heterocycles. The Labute approximate surface area is 198 Å². The van der Waals surface area contributed by atoms with Crippen molar-refractivity contribution in [3.63, 3.8) is 0 Å². The first-order chi connectivity index (χ1) is 16.3. The predicted molar refractivity (Wildman–Crippen MR) is 125 cm³/mol. The quantitative estimate of drug-likeness (QED) is 0.168. The lowest BCUT2D eigenvalue weighted by atomic mass is 10.2. The van der Waals surface area contributed by atoms with Crippen LogP contribution < -0.4 is 0 Å². The Kier molecular flexibility index (Phi) is 21.1. The molecule has 0 N–H and O–H groups in total. The van der Waals surface area contributed by atoms with E-state index >= 15 is 0 Å². The maximum Gasteiger partial charge on any atom is 0.305 e. The van der Waals surface area contributed by atoms with Gasteiger partial charge in [0.25, 0.3) is 0 Å². The van der Waals surface area contributed by atoms with Gasteiger partial charge in [-0.1, -0.05) is 50.1 Å². The summed E-state index contributed by atoms with van der Waals surface area (Å²) in [4.78, 5) is 11.4. The van der Waals surface area contributed by atoms with Gasteiger partial charge < -0.3 is 33.2 Å². The van der Waals surface area contributed by atoms with E-state index in [9.17, 15) is 4.79 Å². The predicted octanol–water partition coefficient (Wildman–Crippen LogP) is 3.41. The number of ether oxygens (including phenoxy) is 7. The lowest BCUT2D eigenvalue weighted by Gasteiger charge is -2.08. The second-order valence-electron chi connectivity index (χ2n) is 7.28. The molecule has 0 amide bonds. The molecule has 8 nitrogen and oxygen atoms in total. The van der Waals surface area contributed by atoms with Crippen LogP contribution in [0, 0.1) is 0 Å².